The van der Waals surface area contributed by atoms with Gasteiger partial charge < -0.3 is 0 Å². The largest absolute Gasteiger partial charge is 0.294 e. The lowest BCUT2D eigenvalue weighted by molar-refractivity contribution is 0.249. The van der Waals surface area contributed by atoms with Gasteiger partial charge >= 0.3 is 0 Å². The normalized spacial score (nSPS) is 33.9. The number of rotatable bonds is 0. The molecule has 0 aromatic rings. The summed E-state index contributed by atoms with van der Waals surface area (Å²) in [4.78, 5) is 4.58. The third-order valence-corrected chi connectivity index (χ3v) is 3.51. The molecular formula is C11H19N. The maximum Gasteiger partial charge on any atom is 0.0468 e. The summed E-state index contributed by atoms with van der Waals surface area (Å²) in [6.07, 6.45) is 12.1. The second-order valence-corrected chi connectivity index (χ2v) is 4.59. The minimum Gasteiger partial charge on any atom is -0.294 e. The highest BCUT2D eigenvalue weighted by atomic mass is 14.8. The van der Waals surface area contributed by atoms with Crippen LogP contribution in [-0.2, 0) is 0 Å². The lowest BCUT2D eigenvalue weighted by Gasteiger charge is -2.37. The van der Waals surface area contributed by atoms with Crippen LogP contribution in [0.15, 0.2) is 4.99 Å². The minimum atomic E-state index is 0.546. The molecular weight excluding hydrogens is 146 g/mol. The molecule has 1 aliphatic heterocycles. The van der Waals surface area contributed by atoms with E-state index in [9.17, 15) is 0 Å². The van der Waals surface area contributed by atoms with Crippen molar-refractivity contribution in [2.24, 2.45) is 10.4 Å². The molecule has 1 heterocycles. The zero-order valence-corrected chi connectivity index (χ0v) is 8.05. The van der Waals surface area contributed by atoms with Gasteiger partial charge in [-0.25, -0.2) is 0 Å². The van der Waals surface area contributed by atoms with E-state index in [1.54, 1.807) is 0 Å². The summed E-state index contributed by atoms with van der Waals surface area (Å²) in [5, 5.41) is 0. The van der Waals surface area contributed by atoms with Crippen molar-refractivity contribution >= 4 is 6.21 Å². The van der Waals surface area contributed by atoms with E-state index in [0.29, 0.717) is 11.5 Å². The van der Waals surface area contributed by atoms with E-state index in [2.05, 4.69) is 18.1 Å². The van der Waals surface area contributed by atoms with Gasteiger partial charge in [0.2, 0.25) is 0 Å². The van der Waals surface area contributed by atoms with E-state index in [1.807, 2.05) is 0 Å². The van der Waals surface area contributed by atoms with Gasteiger partial charge in [-0.15, -0.1) is 0 Å². The summed E-state index contributed by atoms with van der Waals surface area (Å²) in [5.41, 5.74) is 0.546. The van der Waals surface area contributed by atoms with E-state index in [4.69, 9.17) is 0 Å². The molecule has 0 aromatic carbocycles. The standard InChI is InChI=1S/C11H19N/c1-10-5-8-11(9-12-10)6-3-2-4-7-11/h9-10H,2-8H2,1H3/t10-/m0/s1. The first kappa shape index (κ1) is 8.28. The first-order chi connectivity index (χ1) is 5.81. The van der Waals surface area contributed by atoms with Crippen LogP contribution in [-0.4, -0.2) is 12.3 Å². The molecule has 1 nitrogen and oxygen atoms in total. The van der Waals surface area contributed by atoms with Gasteiger partial charge in [0.25, 0.3) is 0 Å². The van der Waals surface area contributed by atoms with Crippen molar-refractivity contribution in [1.29, 1.82) is 0 Å². The van der Waals surface area contributed by atoms with E-state index in [0.717, 1.165) is 0 Å². The van der Waals surface area contributed by atoms with Crippen LogP contribution >= 0.6 is 0 Å². The zero-order valence-electron chi connectivity index (χ0n) is 8.05. The Morgan fingerprint density at radius 2 is 1.92 bits per heavy atom. The van der Waals surface area contributed by atoms with E-state index < -0.39 is 0 Å². The third-order valence-electron chi connectivity index (χ3n) is 3.51. The SMILES string of the molecule is C[C@H]1CCC2(C=N1)CCCCC2. The Kier molecular flexibility index (Phi) is 2.20. The number of nitrogens with zero attached hydrogens (tertiary/aromatic N) is 1. The van der Waals surface area contributed by atoms with Crippen LogP contribution in [0.2, 0.25) is 0 Å². The molecule has 0 unspecified atom stereocenters. The Morgan fingerprint density at radius 1 is 1.17 bits per heavy atom. The number of hydrogen-bond acceptors (Lipinski definition) is 1. The summed E-state index contributed by atoms with van der Waals surface area (Å²) in [6, 6.07) is 0.595. The third kappa shape index (κ3) is 1.55. The lowest BCUT2D eigenvalue weighted by Crippen LogP contribution is -2.30. The summed E-state index contributed by atoms with van der Waals surface area (Å²) < 4.78 is 0. The molecule has 1 atom stereocenters. The van der Waals surface area contributed by atoms with Crippen molar-refractivity contribution in [3.8, 4) is 0 Å². The van der Waals surface area contributed by atoms with Crippen LogP contribution in [0.1, 0.15) is 51.9 Å². The molecule has 0 N–H and O–H groups in total. The van der Waals surface area contributed by atoms with Gasteiger partial charge in [0.1, 0.15) is 0 Å². The van der Waals surface area contributed by atoms with Crippen LogP contribution in [0.3, 0.4) is 0 Å². The molecule has 68 valence electrons. The molecule has 1 heteroatoms. The average Bonchev–Trinajstić information content (AvgIpc) is 2.13. The maximum atomic E-state index is 4.58. The molecule has 0 amide bonds. The first-order valence-corrected chi connectivity index (χ1v) is 5.35. The second-order valence-electron chi connectivity index (χ2n) is 4.59. The first-order valence-electron chi connectivity index (χ1n) is 5.35. The van der Waals surface area contributed by atoms with Gasteiger partial charge in [-0.2, -0.15) is 0 Å². The highest BCUT2D eigenvalue weighted by molar-refractivity contribution is 5.67. The smallest absolute Gasteiger partial charge is 0.0468 e. The molecule has 1 aliphatic carbocycles. The number of hydrogen-bond donors (Lipinski definition) is 0. The van der Waals surface area contributed by atoms with Crippen LogP contribution in [0, 0.1) is 5.41 Å². The molecule has 1 saturated carbocycles. The Morgan fingerprint density at radius 3 is 2.50 bits per heavy atom. The highest BCUT2D eigenvalue weighted by Crippen LogP contribution is 2.41. The lowest BCUT2D eigenvalue weighted by atomic mass is 9.70. The molecule has 2 rings (SSSR count). The molecule has 0 radical (unpaired) electrons. The summed E-state index contributed by atoms with van der Waals surface area (Å²) >= 11 is 0. The Bertz CT molecular complexity index is 177. The van der Waals surface area contributed by atoms with Crippen LogP contribution in [0.4, 0.5) is 0 Å². The second kappa shape index (κ2) is 3.20. The van der Waals surface area contributed by atoms with Crippen molar-refractivity contribution in [2.45, 2.75) is 57.9 Å². The fourth-order valence-corrected chi connectivity index (χ4v) is 2.56. The molecule has 0 saturated heterocycles. The monoisotopic (exact) mass is 165 g/mol. The van der Waals surface area contributed by atoms with E-state index >= 15 is 0 Å². The van der Waals surface area contributed by atoms with Crippen LogP contribution in [0.5, 0.6) is 0 Å². The maximum absolute atomic E-state index is 4.58. The van der Waals surface area contributed by atoms with Crippen molar-refractivity contribution in [2.75, 3.05) is 0 Å². The molecule has 12 heavy (non-hydrogen) atoms. The van der Waals surface area contributed by atoms with E-state index in [1.165, 1.54) is 44.9 Å². The fourth-order valence-electron chi connectivity index (χ4n) is 2.56. The zero-order chi connectivity index (χ0) is 8.44. The van der Waals surface area contributed by atoms with Crippen molar-refractivity contribution in [3.05, 3.63) is 0 Å². The fraction of sp³-hybridized carbons (Fsp3) is 0.909. The predicted octanol–water partition coefficient (Wildman–Crippen LogP) is 3.19. The van der Waals surface area contributed by atoms with Gasteiger partial charge in [-0.05, 0) is 32.6 Å². The van der Waals surface area contributed by atoms with E-state index in [-0.39, 0.29) is 0 Å². The van der Waals surface area contributed by atoms with Crippen molar-refractivity contribution in [1.82, 2.24) is 0 Å². The quantitative estimate of drug-likeness (QED) is 0.522. The van der Waals surface area contributed by atoms with Gasteiger partial charge in [0.15, 0.2) is 0 Å². The average molecular weight is 165 g/mol. The molecule has 2 aliphatic rings. The molecule has 1 fully saturated rings. The topological polar surface area (TPSA) is 12.4 Å². The highest BCUT2D eigenvalue weighted by Gasteiger charge is 2.32. The van der Waals surface area contributed by atoms with Crippen LogP contribution in [0.25, 0.3) is 0 Å². The molecule has 1 spiro atoms. The van der Waals surface area contributed by atoms with Crippen molar-refractivity contribution < 1.29 is 0 Å². The van der Waals surface area contributed by atoms with Gasteiger partial charge in [0.05, 0.1) is 0 Å². The minimum absolute atomic E-state index is 0.546. The van der Waals surface area contributed by atoms with Gasteiger partial charge in [-0.1, -0.05) is 19.3 Å². The Balaban J connectivity index is 2.05. The summed E-state index contributed by atoms with van der Waals surface area (Å²) in [5.74, 6) is 0. The van der Waals surface area contributed by atoms with Gasteiger partial charge in [-0.3, -0.25) is 4.99 Å². The van der Waals surface area contributed by atoms with Gasteiger partial charge in [0, 0.05) is 17.7 Å². The Hall–Kier alpha value is -0.330. The van der Waals surface area contributed by atoms with Crippen LogP contribution < -0.4 is 0 Å². The predicted molar refractivity (Wildman–Crippen MR) is 52.7 cm³/mol. The molecule has 0 bridgehead atoms. The van der Waals surface area contributed by atoms with Crippen molar-refractivity contribution in [3.63, 3.8) is 0 Å². The number of aliphatic imine (C=N–C) groups is 1. The summed E-state index contributed by atoms with van der Waals surface area (Å²) in [7, 11) is 0. The Labute approximate surface area is 75.3 Å². The molecule has 0 aromatic heterocycles. The summed E-state index contributed by atoms with van der Waals surface area (Å²) in [6.45, 7) is 2.23.